The zero-order chi connectivity index (χ0) is 19.9. The van der Waals surface area contributed by atoms with Crippen molar-refractivity contribution in [2.45, 2.75) is 19.1 Å². The Hall–Kier alpha value is -2.97. The number of benzene rings is 2. The van der Waals surface area contributed by atoms with E-state index < -0.39 is 6.10 Å². The minimum atomic E-state index is -0.740. The minimum Gasteiger partial charge on any atom is -0.497 e. The van der Waals surface area contributed by atoms with Crippen LogP contribution in [0.15, 0.2) is 54.6 Å². The number of carbonyl (C=O) groups is 1. The zero-order valence-corrected chi connectivity index (χ0v) is 16.3. The van der Waals surface area contributed by atoms with Gasteiger partial charge >= 0.3 is 0 Å². The Balaban J connectivity index is 1.59. The molecule has 8 heteroatoms. The van der Waals surface area contributed by atoms with Crippen molar-refractivity contribution >= 4 is 18.1 Å². The number of aromatic nitrogens is 3. The standard InChI is InChI=1S/C20H22N4O3S/c1-27-16-9-7-15(8-10-16)19-22-23-20(28)24(19)12-11-18(26)21-13-17(25)14-5-3-2-4-6-14/h2-10,17,25H,11-13H2,1H3,(H,21,26)(H,23,28). The molecule has 0 saturated heterocycles. The third-order valence-corrected chi connectivity index (χ3v) is 4.66. The lowest BCUT2D eigenvalue weighted by atomic mass is 10.1. The van der Waals surface area contributed by atoms with Gasteiger partial charge in [-0.2, -0.15) is 5.10 Å². The summed E-state index contributed by atoms with van der Waals surface area (Å²) in [5, 5.41) is 19.9. The number of H-pyrrole nitrogens is 1. The third-order valence-electron chi connectivity index (χ3n) is 4.35. The van der Waals surface area contributed by atoms with Crippen LogP contribution in [-0.2, 0) is 11.3 Å². The van der Waals surface area contributed by atoms with E-state index in [-0.39, 0.29) is 18.9 Å². The predicted octanol–water partition coefficient (Wildman–Crippen LogP) is 2.86. The maximum absolute atomic E-state index is 12.2. The molecule has 0 saturated carbocycles. The number of nitrogens with one attached hydrogen (secondary N) is 2. The highest BCUT2D eigenvalue weighted by Gasteiger charge is 2.12. The smallest absolute Gasteiger partial charge is 0.221 e. The van der Waals surface area contributed by atoms with Crippen molar-refractivity contribution in [2.75, 3.05) is 13.7 Å². The number of hydrogen-bond acceptors (Lipinski definition) is 5. The molecule has 28 heavy (non-hydrogen) atoms. The molecule has 2 aromatic carbocycles. The first-order chi connectivity index (χ1) is 13.6. The van der Waals surface area contributed by atoms with E-state index in [0.29, 0.717) is 17.1 Å². The molecule has 3 rings (SSSR count). The van der Waals surface area contributed by atoms with Crippen molar-refractivity contribution < 1.29 is 14.6 Å². The lowest BCUT2D eigenvalue weighted by Crippen LogP contribution is -2.29. The van der Waals surface area contributed by atoms with Gasteiger partial charge in [-0.1, -0.05) is 30.3 Å². The average molecular weight is 398 g/mol. The van der Waals surface area contributed by atoms with Gasteiger partial charge in [0.05, 0.1) is 13.2 Å². The van der Waals surface area contributed by atoms with E-state index in [2.05, 4.69) is 15.5 Å². The molecule has 1 aromatic heterocycles. The van der Waals surface area contributed by atoms with Gasteiger partial charge in [0.2, 0.25) is 5.91 Å². The molecule has 0 spiro atoms. The van der Waals surface area contributed by atoms with E-state index in [9.17, 15) is 9.90 Å². The molecular weight excluding hydrogens is 376 g/mol. The van der Waals surface area contributed by atoms with E-state index in [1.54, 1.807) is 11.7 Å². The number of ether oxygens (including phenoxy) is 1. The van der Waals surface area contributed by atoms with Crippen molar-refractivity contribution in [3.63, 3.8) is 0 Å². The van der Waals surface area contributed by atoms with E-state index in [1.807, 2.05) is 54.6 Å². The molecule has 0 aliphatic carbocycles. The quantitative estimate of drug-likeness (QED) is 0.508. The molecule has 1 heterocycles. The molecule has 146 valence electrons. The van der Waals surface area contributed by atoms with Crippen molar-refractivity contribution in [1.82, 2.24) is 20.1 Å². The van der Waals surface area contributed by atoms with Crippen LogP contribution >= 0.6 is 12.2 Å². The average Bonchev–Trinajstić information content (AvgIpc) is 3.11. The highest BCUT2D eigenvalue weighted by atomic mass is 32.1. The van der Waals surface area contributed by atoms with Gasteiger partial charge in [0, 0.05) is 25.1 Å². The molecule has 0 bridgehead atoms. The number of hydrogen-bond donors (Lipinski definition) is 3. The summed E-state index contributed by atoms with van der Waals surface area (Å²) in [6.07, 6.45) is -0.519. The largest absolute Gasteiger partial charge is 0.497 e. The fraction of sp³-hybridized carbons (Fsp3) is 0.250. The molecule has 3 N–H and O–H groups in total. The number of aromatic amines is 1. The Bertz CT molecular complexity index is 967. The lowest BCUT2D eigenvalue weighted by molar-refractivity contribution is -0.121. The first-order valence-corrected chi connectivity index (χ1v) is 9.28. The van der Waals surface area contributed by atoms with Crippen molar-refractivity contribution in [3.05, 3.63) is 64.9 Å². The fourth-order valence-corrected chi connectivity index (χ4v) is 3.01. The van der Waals surface area contributed by atoms with Crippen molar-refractivity contribution in [3.8, 4) is 17.1 Å². The lowest BCUT2D eigenvalue weighted by Gasteiger charge is -2.12. The molecule has 7 nitrogen and oxygen atoms in total. The summed E-state index contributed by atoms with van der Waals surface area (Å²) in [6, 6.07) is 16.7. The summed E-state index contributed by atoms with van der Waals surface area (Å²) in [7, 11) is 1.61. The third kappa shape index (κ3) is 4.85. The van der Waals surface area contributed by atoms with Crippen LogP contribution in [0.2, 0.25) is 0 Å². The van der Waals surface area contributed by atoms with E-state index in [4.69, 9.17) is 17.0 Å². The molecule has 0 radical (unpaired) electrons. The molecule has 1 amide bonds. The molecule has 1 atom stereocenters. The number of aliphatic hydroxyl groups excluding tert-OH is 1. The van der Waals surface area contributed by atoms with Crippen LogP contribution < -0.4 is 10.1 Å². The minimum absolute atomic E-state index is 0.158. The SMILES string of the molecule is COc1ccc(-c2n[nH]c(=S)n2CCC(=O)NCC(O)c2ccccc2)cc1. The summed E-state index contributed by atoms with van der Waals surface area (Å²) < 4.78 is 7.40. The maximum atomic E-state index is 12.2. The molecular formula is C20H22N4O3S. The van der Waals surface area contributed by atoms with Gasteiger partial charge in [0.15, 0.2) is 10.6 Å². The molecule has 3 aromatic rings. The summed E-state index contributed by atoms with van der Waals surface area (Å²) in [5.41, 5.74) is 1.63. The second kappa shape index (κ2) is 9.29. The summed E-state index contributed by atoms with van der Waals surface area (Å²) in [6.45, 7) is 0.537. The first kappa shape index (κ1) is 19.8. The Labute approximate surface area is 168 Å². The number of carbonyl (C=O) groups excluding carboxylic acids is 1. The van der Waals surface area contributed by atoms with Gasteiger partial charge in [-0.3, -0.25) is 14.5 Å². The Kier molecular flexibility index (Phi) is 6.57. The predicted molar refractivity (Wildman–Crippen MR) is 108 cm³/mol. The Morgan fingerprint density at radius 2 is 1.96 bits per heavy atom. The van der Waals surface area contributed by atoms with Gasteiger partial charge in [0.1, 0.15) is 5.75 Å². The van der Waals surface area contributed by atoms with Gasteiger partial charge in [-0.05, 0) is 42.0 Å². The van der Waals surface area contributed by atoms with E-state index in [1.165, 1.54) is 0 Å². The second-order valence-electron chi connectivity index (χ2n) is 6.21. The number of rotatable bonds is 8. The Morgan fingerprint density at radius 1 is 1.25 bits per heavy atom. The van der Waals surface area contributed by atoms with Crippen LogP contribution in [0, 0.1) is 4.77 Å². The zero-order valence-electron chi connectivity index (χ0n) is 15.5. The number of aliphatic hydroxyl groups is 1. The summed E-state index contributed by atoms with van der Waals surface area (Å²) >= 11 is 5.29. The highest BCUT2D eigenvalue weighted by molar-refractivity contribution is 7.71. The van der Waals surface area contributed by atoms with Gasteiger partial charge in [-0.15, -0.1) is 0 Å². The van der Waals surface area contributed by atoms with Crippen molar-refractivity contribution in [2.24, 2.45) is 0 Å². The Morgan fingerprint density at radius 3 is 2.64 bits per heavy atom. The van der Waals surface area contributed by atoms with Crippen molar-refractivity contribution in [1.29, 1.82) is 0 Å². The van der Waals surface area contributed by atoms with E-state index >= 15 is 0 Å². The van der Waals surface area contributed by atoms with Gasteiger partial charge < -0.3 is 15.2 Å². The number of nitrogens with zero attached hydrogens (tertiary/aromatic N) is 2. The van der Waals surface area contributed by atoms with Gasteiger partial charge in [-0.25, -0.2) is 0 Å². The van der Waals surface area contributed by atoms with Crippen LogP contribution in [-0.4, -0.2) is 39.4 Å². The highest BCUT2D eigenvalue weighted by Crippen LogP contribution is 2.21. The number of methoxy groups -OCH3 is 1. The normalized spacial score (nSPS) is 11.8. The maximum Gasteiger partial charge on any atom is 0.221 e. The van der Waals surface area contributed by atoms with Gasteiger partial charge in [0.25, 0.3) is 0 Å². The number of amides is 1. The van der Waals surface area contributed by atoms with Crippen LogP contribution in [0.25, 0.3) is 11.4 Å². The second-order valence-corrected chi connectivity index (χ2v) is 6.60. The molecule has 1 unspecified atom stereocenters. The van der Waals surface area contributed by atoms with Crippen LogP contribution in [0.4, 0.5) is 0 Å². The van der Waals surface area contributed by atoms with E-state index in [0.717, 1.165) is 16.9 Å². The van der Waals surface area contributed by atoms with Crippen LogP contribution in [0.5, 0.6) is 5.75 Å². The van der Waals surface area contributed by atoms with Crippen LogP contribution in [0.3, 0.4) is 0 Å². The van der Waals surface area contributed by atoms with Crippen LogP contribution in [0.1, 0.15) is 18.1 Å². The fourth-order valence-electron chi connectivity index (χ4n) is 2.79. The summed E-state index contributed by atoms with van der Waals surface area (Å²) in [4.78, 5) is 12.2. The topological polar surface area (TPSA) is 92.2 Å². The monoisotopic (exact) mass is 398 g/mol. The first-order valence-electron chi connectivity index (χ1n) is 8.88. The summed E-state index contributed by atoms with van der Waals surface area (Å²) in [5.74, 6) is 1.24. The molecule has 0 fully saturated rings. The molecule has 0 aliphatic rings. The molecule has 0 aliphatic heterocycles.